The van der Waals surface area contributed by atoms with Crippen LogP contribution in [0, 0.1) is 13.8 Å². The number of hydrogen-bond acceptors (Lipinski definition) is 3. The molecule has 16 heavy (non-hydrogen) atoms. The van der Waals surface area contributed by atoms with Gasteiger partial charge in [-0.05, 0) is 26.3 Å². The van der Waals surface area contributed by atoms with Crippen molar-refractivity contribution in [3.63, 3.8) is 0 Å². The van der Waals surface area contributed by atoms with Gasteiger partial charge in [0, 0.05) is 17.5 Å². The van der Waals surface area contributed by atoms with E-state index in [4.69, 9.17) is 0 Å². The lowest BCUT2D eigenvalue weighted by Gasteiger charge is -2.04. The Morgan fingerprint density at radius 1 is 1.19 bits per heavy atom. The second kappa shape index (κ2) is 4.43. The highest BCUT2D eigenvalue weighted by Gasteiger charge is 2.05. The van der Waals surface area contributed by atoms with Crippen LogP contribution in [0.4, 0.5) is 0 Å². The highest BCUT2D eigenvalue weighted by atomic mass is 15.3. The molecule has 4 heteroatoms. The van der Waals surface area contributed by atoms with Crippen LogP contribution in [0.1, 0.15) is 30.4 Å². The maximum atomic E-state index is 4.41. The minimum Gasteiger partial charge on any atom is -0.241 e. The van der Waals surface area contributed by atoms with E-state index in [1.165, 1.54) is 0 Å². The van der Waals surface area contributed by atoms with E-state index in [0.29, 0.717) is 0 Å². The van der Waals surface area contributed by atoms with E-state index in [1.54, 1.807) is 6.33 Å². The third-order valence-electron chi connectivity index (χ3n) is 2.44. The molecule has 84 valence electrons. The Bertz CT molecular complexity index is 488. The Hall–Kier alpha value is -1.71. The van der Waals surface area contributed by atoms with Gasteiger partial charge in [0.05, 0.1) is 5.69 Å². The molecule has 0 aliphatic carbocycles. The average Bonchev–Trinajstić information content (AvgIpc) is 2.59. The first-order chi connectivity index (χ1) is 7.70. The fourth-order valence-electron chi connectivity index (χ4n) is 1.76. The van der Waals surface area contributed by atoms with Crippen LogP contribution in [-0.2, 0) is 6.42 Å². The van der Waals surface area contributed by atoms with Gasteiger partial charge in [-0.15, -0.1) is 0 Å². The molecule has 2 aromatic rings. The Kier molecular flexibility index (Phi) is 2.99. The van der Waals surface area contributed by atoms with Crippen LogP contribution in [0.15, 0.2) is 18.5 Å². The maximum absolute atomic E-state index is 4.41. The molecule has 0 spiro atoms. The normalized spacial score (nSPS) is 10.7. The highest BCUT2D eigenvalue weighted by Crippen LogP contribution is 2.10. The van der Waals surface area contributed by atoms with Crippen LogP contribution in [0.5, 0.6) is 0 Å². The Balaban J connectivity index is 2.40. The molecule has 0 atom stereocenters. The molecule has 2 aromatic heterocycles. The van der Waals surface area contributed by atoms with E-state index >= 15 is 0 Å². The molecule has 0 radical (unpaired) electrons. The zero-order chi connectivity index (χ0) is 11.5. The van der Waals surface area contributed by atoms with Gasteiger partial charge in [0.2, 0.25) is 0 Å². The summed E-state index contributed by atoms with van der Waals surface area (Å²) in [4.78, 5) is 8.49. The van der Waals surface area contributed by atoms with Crippen molar-refractivity contribution in [3.05, 3.63) is 35.5 Å². The number of hydrogen-bond donors (Lipinski definition) is 0. The van der Waals surface area contributed by atoms with Crippen molar-refractivity contribution in [1.82, 2.24) is 19.7 Å². The standard InChI is InChI=1S/C12H16N4/c1-4-5-11-7-12(14-8-13-11)16-10(3)6-9(2)15-16/h6-8H,4-5H2,1-3H3. The first kappa shape index (κ1) is 10.8. The molecule has 0 aliphatic heterocycles. The van der Waals surface area contributed by atoms with Gasteiger partial charge in [-0.25, -0.2) is 14.6 Å². The highest BCUT2D eigenvalue weighted by molar-refractivity contribution is 5.26. The van der Waals surface area contributed by atoms with Gasteiger partial charge in [0.25, 0.3) is 0 Å². The predicted molar refractivity (Wildman–Crippen MR) is 62.6 cm³/mol. The van der Waals surface area contributed by atoms with Gasteiger partial charge in [-0.2, -0.15) is 5.10 Å². The summed E-state index contributed by atoms with van der Waals surface area (Å²) in [6, 6.07) is 4.05. The van der Waals surface area contributed by atoms with Crippen LogP contribution >= 0.6 is 0 Å². The van der Waals surface area contributed by atoms with E-state index in [-0.39, 0.29) is 0 Å². The van der Waals surface area contributed by atoms with Crippen LogP contribution < -0.4 is 0 Å². The third-order valence-corrected chi connectivity index (χ3v) is 2.44. The molecule has 2 rings (SSSR count). The van der Waals surface area contributed by atoms with E-state index in [1.807, 2.05) is 30.7 Å². The summed E-state index contributed by atoms with van der Waals surface area (Å²) >= 11 is 0. The largest absolute Gasteiger partial charge is 0.241 e. The van der Waals surface area contributed by atoms with Gasteiger partial charge >= 0.3 is 0 Å². The van der Waals surface area contributed by atoms with Crippen molar-refractivity contribution in [3.8, 4) is 5.82 Å². The molecule has 0 bridgehead atoms. The topological polar surface area (TPSA) is 43.6 Å². The molecule has 0 saturated heterocycles. The third kappa shape index (κ3) is 2.10. The van der Waals surface area contributed by atoms with Crippen molar-refractivity contribution in [2.24, 2.45) is 0 Å². The van der Waals surface area contributed by atoms with Gasteiger partial charge < -0.3 is 0 Å². The Morgan fingerprint density at radius 2 is 2.00 bits per heavy atom. The SMILES string of the molecule is CCCc1cc(-n2nc(C)cc2C)ncn1. The fourth-order valence-corrected chi connectivity index (χ4v) is 1.76. The van der Waals surface area contributed by atoms with E-state index in [2.05, 4.69) is 22.0 Å². The summed E-state index contributed by atoms with van der Waals surface area (Å²) in [7, 11) is 0. The summed E-state index contributed by atoms with van der Waals surface area (Å²) in [6.07, 6.45) is 3.68. The summed E-state index contributed by atoms with van der Waals surface area (Å²) in [5.41, 5.74) is 3.17. The van der Waals surface area contributed by atoms with Crippen molar-refractivity contribution in [1.29, 1.82) is 0 Å². The lowest BCUT2D eigenvalue weighted by atomic mass is 10.2. The van der Waals surface area contributed by atoms with Crippen molar-refractivity contribution in [2.45, 2.75) is 33.6 Å². The van der Waals surface area contributed by atoms with Crippen molar-refractivity contribution < 1.29 is 0 Å². The molecule has 4 nitrogen and oxygen atoms in total. The van der Waals surface area contributed by atoms with Crippen LogP contribution in [-0.4, -0.2) is 19.7 Å². The van der Waals surface area contributed by atoms with Crippen molar-refractivity contribution >= 4 is 0 Å². The molecule has 0 aromatic carbocycles. The number of nitrogens with zero attached hydrogens (tertiary/aromatic N) is 4. The summed E-state index contributed by atoms with van der Waals surface area (Å²) in [5.74, 6) is 0.851. The first-order valence-corrected chi connectivity index (χ1v) is 5.55. The first-order valence-electron chi connectivity index (χ1n) is 5.55. The van der Waals surface area contributed by atoms with Gasteiger partial charge in [0.1, 0.15) is 6.33 Å². The smallest absolute Gasteiger partial charge is 0.157 e. The molecular formula is C12H16N4. The fraction of sp³-hybridized carbons (Fsp3) is 0.417. The van der Waals surface area contributed by atoms with Gasteiger partial charge in [-0.1, -0.05) is 13.3 Å². The number of rotatable bonds is 3. The van der Waals surface area contributed by atoms with E-state index in [0.717, 1.165) is 35.7 Å². The predicted octanol–water partition coefficient (Wildman–Crippen LogP) is 2.23. The molecule has 0 unspecified atom stereocenters. The Labute approximate surface area is 95.4 Å². The summed E-state index contributed by atoms with van der Waals surface area (Å²) in [5, 5.41) is 4.41. The molecule has 2 heterocycles. The van der Waals surface area contributed by atoms with Gasteiger partial charge in [0.15, 0.2) is 5.82 Å². The molecule has 0 saturated carbocycles. The second-order valence-corrected chi connectivity index (χ2v) is 3.96. The van der Waals surface area contributed by atoms with Crippen LogP contribution in [0.25, 0.3) is 5.82 Å². The van der Waals surface area contributed by atoms with Gasteiger partial charge in [-0.3, -0.25) is 0 Å². The molecule has 0 aliphatic rings. The maximum Gasteiger partial charge on any atom is 0.157 e. The summed E-state index contributed by atoms with van der Waals surface area (Å²) in [6.45, 7) is 6.16. The molecule has 0 N–H and O–H groups in total. The van der Waals surface area contributed by atoms with Crippen LogP contribution in [0.2, 0.25) is 0 Å². The van der Waals surface area contributed by atoms with Crippen LogP contribution in [0.3, 0.4) is 0 Å². The second-order valence-electron chi connectivity index (χ2n) is 3.96. The number of aromatic nitrogens is 4. The lowest BCUT2D eigenvalue weighted by molar-refractivity contribution is 0.785. The molecule has 0 amide bonds. The van der Waals surface area contributed by atoms with E-state index < -0.39 is 0 Å². The molecule has 0 fully saturated rings. The monoisotopic (exact) mass is 216 g/mol. The molecular weight excluding hydrogens is 200 g/mol. The van der Waals surface area contributed by atoms with Crippen molar-refractivity contribution in [2.75, 3.05) is 0 Å². The lowest BCUT2D eigenvalue weighted by Crippen LogP contribution is -2.04. The number of aryl methyl sites for hydroxylation is 3. The average molecular weight is 216 g/mol. The quantitative estimate of drug-likeness (QED) is 0.790. The zero-order valence-electron chi connectivity index (χ0n) is 9.94. The zero-order valence-corrected chi connectivity index (χ0v) is 9.94. The summed E-state index contributed by atoms with van der Waals surface area (Å²) < 4.78 is 1.86. The van der Waals surface area contributed by atoms with E-state index in [9.17, 15) is 0 Å². The Morgan fingerprint density at radius 3 is 2.62 bits per heavy atom. The minimum atomic E-state index is 0.851. The minimum absolute atomic E-state index is 0.851.